The molecule has 0 aliphatic heterocycles. The lowest BCUT2D eigenvalue weighted by atomic mass is 10.1. The summed E-state index contributed by atoms with van der Waals surface area (Å²) in [5, 5.41) is 7.17. The second-order valence-corrected chi connectivity index (χ2v) is 6.41. The van der Waals surface area contributed by atoms with E-state index in [2.05, 4.69) is 41.8 Å². The summed E-state index contributed by atoms with van der Waals surface area (Å²) >= 11 is 1.82. The molecule has 7 heteroatoms. The number of guanidine groups is 1. The van der Waals surface area contributed by atoms with Crippen LogP contribution in [0.2, 0.25) is 0 Å². The number of hydrogen-bond donors (Lipinski definition) is 2. The molecular formula is C17H30IN3O2S. The van der Waals surface area contributed by atoms with Crippen LogP contribution in [0, 0.1) is 0 Å². The summed E-state index contributed by atoms with van der Waals surface area (Å²) in [6.45, 7) is 6.74. The summed E-state index contributed by atoms with van der Waals surface area (Å²) < 4.78 is 10.6. The van der Waals surface area contributed by atoms with E-state index in [1.54, 1.807) is 14.2 Å². The highest BCUT2D eigenvalue weighted by Crippen LogP contribution is 2.27. The van der Waals surface area contributed by atoms with Crippen molar-refractivity contribution in [2.24, 2.45) is 4.99 Å². The Morgan fingerprint density at radius 3 is 2.50 bits per heavy atom. The highest BCUT2D eigenvalue weighted by atomic mass is 127. The number of ether oxygens (including phenoxy) is 2. The first-order valence-corrected chi connectivity index (χ1v) is 9.19. The average molecular weight is 467 g/mol. The first-order chi connectivity index (χ1) is 11.1. The van der Waals surface area contributed by atoms with Crippen LogP contribution in [-0.2, 0) is 6.42 Å². The van der Waals surface area contributed by atoms with E-state index in [1.165, 1.54) is 5.56 Å². The highest BCUT2D eigenvalue weighted by Gasteiger charge is 2.05. The first kappa shape index (κ1) is 23.2. The predicted molar refractivity (Wildman–Crippen MR) is 116 cm³/mol. The number of halogens is 1. The maximum absolute atomic E-state index is 5.34. The van der Waals surface area contributed by atoms with E-state index in [0.717, 1.165) is 43.5 Å². The largest absolute Gasteiger partial charge is 0.493 e. The van der Waals surface area contributed by atoms with Crippen molar-refractivity contribution >= 4 is 41.7 Å². The van der Waals surface area contributed by atoms with Crippen molar-refractivity contribution < 1.29 is 9.47 Å². The molecule has 0 aromatic heterocycles. The maximum Gasteiger partial charge on any atom is 0.191 e. The summed E-state index contributed by atoms with van der Waals surface area (Å²) in [4.78, 5) is 4.61. The van der Waals surface area contributed by atoms with Crippen molar-refractivity contribution in [1.82, 2.24) is 10.6 Å². The van der Waals surface area contributed by atoms with Gasteiger partial charge in [0.2, 0.25) is 0 Å². The van der Waals surface area contributed by atoms with Crippen LogP contribution in [0.5, 0.6) is 11.5 Å². The molecule has 1 aromatic rings. The monoisotopic (exact) mass is 467 g/mol. The Morgan fingerprint density at radius 1 is 1.21 bits per heavy atom. The highest BCUT2D eigenvalue weighted by molar-refractivity contribution is 14.0. The number of aliphatic imine (C=N–C) groups is 1. The molecule has 0 bridgehead atoms. The standard InChI is InChI=1S/C17H29N3O2S.HI/c1-6-18-17(20-12-13(2)23-5)19-10-9-14-7-8-15(21-3)16(11-14)22-4;/h7-8,11,13H,6,9-10,12H2,1-5H3,(H2,18,19,20);1H. The molecule has 24 heavy (non-hydrogen) atoms. The third kappa shape index (κ3) is 8.32. The van der Waals surface area contributed by atoms with E-state index in [-0.39, 0.29) is 24.0 Å². The zero-order chi connectivity index (χ0) is 17.1. The number of benzene rings is 1. The van der Waals surface area contributed by atoms with Gasteiger partial charge in [-0.15, -0.1) is 24.0 Å². The second kappa shape index (κ2) is 13.5. The molecule has 0 aliphatic carbocycles. The van der Waals surface area contributed by atoms with Crippen LogP contribution in [0.3, 0.4) is 0 Å². The van der Waals surface area contributed by atoms with Crippen LogP contribution in [0.1, 0.15) is 19.4 Å². The van der Waals surface area contributed by atoms with Crippen molar-refractivity contribution in [3.8, 4) is 11.5 Å². The molecule has 0 aliphatic rings. The van der Waals surface area contributed by atoms with Crippen molar-refractivity contribution in [1.29, 1.82) is 0 Å². The molecule has 0 amide bonds. The molecule has 1 atom stereocenters. The minimum absolute atomic E-state index is 0. The molecule has 1 aromatic carbocycles. The third-order valence-corrected chi connectivity index (χ3v) is 4.36. The van der Waals surface area contributed by atoms with E-state index in [9.17, 15) is 0 Å². The molecule has 0 spiro atoms. The fraction of sp³-hybridized carbons (Fsp3) is 0.588. The molecule has 138 valence electrons. The number of rotatable bonds is 9. The fourth-order valence-corrected chi connectivity index (χ4v) is 2.22. The number of methoxy groups -OCH3 is 2. The van der Waals surface area contributed by atoms with Crippen molar-refractivity contribution in [2.75, 3.05) is 40.1 Å². The van der Waals surface area contributed by atoms with Gasteiger partial charge < -0.3 is 20.1 Å². The van der Waals surface area contributed by atoms with Crippen LogP contribution in [0.4, 0.5) is 0 Å². The maximum atomic E-state index is 5.34. The lowest BCUT2D eigenvalue weighted by Crippen LogP contribution is -2.38. The van der Waals surface area contributed by atoms with Gasteiger partial charge >= 0.3 is 0 Å². The summed E-state index contributed by atoms with van der Waals surface area (Å²) in [6, 6.07) is 6.01. The summed E-state index contributed by atoms with van der Waals surface area (Å²) in [5.41, 5.74) is 1.20. The molecule has 0 saturated heterocycles. The number of nitrogens with zero attached hydrogens (tertiary/aromatic N) is 1. The van der Waals surface area contributed by atoms with Crippen molar-refractivity contribution in [3.05, 3.63) is 23.8 Å². The Morgan fingerprint density at radius 2 is 1.92 bits per heavy atom. The zero-order valence-electron chi connectivity index (χ0n) is 15.2. The van der Waals surface area contributed by atoms with Gasteiger partial charge in [0.1, 0.15) is 0 Å². The van der Waals surface area contributed by atoms with E-state index in [1.807, 2.05) is 23.9 Å². The van der Waals surface area contributed by atoms with Crippen molar-refractivity contribution in [2.45, 2.75) is 25.5 Å². The van der Waals surface area contributed by atoms with Crippen LogP contribution < -0.4 is 20.1 Å². The Bertz CT molecular complexity index is 501. The molecule has 1 unspecified atom stereocenters. The van der Waals surface area contributed by atoms with Crippen LogP contribution in [0.25, 0.3) is 0 Å². The van der Waals surface area contributed by atoms with Crippen LogP contribution in [-0.4, -0.2) is 51.3 Å². The van der Waals surface area contributed by atoms with E-state index in [0.29, 0.717) is 5.25 Å². The Labute approximate surface area is 167 Å². The molecule has 0 radical (unpaired) electrons. The van der Waals surface area contributed by atoms with Gasteiger partial charge in [-0.3, -0.25) is 4.99 Å². The zero-order valence-corrected chi connectivity index (χ0v) is 18.4. The fourth-order valence-electron chi connectivity index (χ4n) is 2.00. The van der Waals surface area contributed by atoms with Gasteiger partial charge in [-0.2, -0.15) is 11.8 Å². The molecular weight excluding hydrogens is 437 g/mol. The lowest BCUT2D eigenvalue weighted by Gasteiger charge is -2.13. The molecule has 0 fully saturated rings. The van der Waals surface area contributed by atoms with Crippen LogP contribution >= 0.6 is 35.7 Å². The predicted octanol–water partition coefficient (Wildman–Crippen LogP) is 3.17. The number of hydrogen-bond acceptors (Lipinski definition) is 4. The molecule has 0 saturated carbocycles. The van der Waals surface area contributed by atoms with Gasteiger partial charge in [0.15, 0.2) is 17.5 Å². The summed E-state index contributed by atoms with van der Waals surface area (Å²) in [5.74, 6) is 2.39. The summed E-state index contributed by atoms with van der Waals surface area (Å²) in [7, 11) is 3.30. The third-order valence-electron chi connectivity index (χ3n) is 3.41. The SMILES string of the molecule is CCNC(=NCC(C)SC)NCCc1ccc(OC)c(OC)c1.I. The second-order valence-electron chi connectivity index (χ2n) is 5.13. The van der Waals surface area contributed by atoms with Crippen molar-refractivity contribution in [3.63, 3.8) is 0 Å². The molecule has 2 N–H and O–H groups in total. The van der Waals surface area contributed by atoms with Gasteiger partial charge in [0.05, 0.1) is 20.8 Å². The van der Waals surface area contributed by atoms with Gasteiger partial charge in [-0.05, 0) is 37.3 Å². The lowest BCUT2D eigenvalue weighted by molar-refractivity contribution is 0.354. The van der Waals surface area contributed by atoms with Gasteiger partial charge in [0, 0.05) is 18.3 Å². The van der Waals surface area contributed by atoms with Gasteiger partial charge in [0.25, 0.3) is 0 Å². The first-order valence-electron chi connectivity index (χ1n) is 7.90. The minimum atomic E-state index is 0. The smallest absolute Gasteiger partial charge is 0.191 e. The topological polar surface area (TPSA) is 54.9 Å². The molecule has 1 rings (SSSR count). The normalized spacial score (nSPS) is 12.1. The quantitative estimate of drug-likeness (QED) is 0.332. The molecule has 0 heterocycles. The van der Waals surface area contributed by atoms with Crippen LogP contribution in [0.15, 0.2) is 23.2 Å². The van der Waals surface area contributed by atoms with Gasteiger partial charge in [-0.1, -0.05) is 13.0 Å². The number of thioether (sulfide) groups is 1. The Kier molecular flexibility index (Phi) is 13.0. The Hall–Kier alpha value is -0.830. The van der Waals surface area contributed by atoms with E-state index < -0.39 is 0 Å². The van der Waals surface area contributed by atoms with E-state index >= 15 is 0 Å². The van der Waals surface area contributed by atoms with E-state index in [4.69, 9.17) is 9.47 Å². The van der Waals surface area contributed by atoms with Gasteiger partial charge in [-0.25, -0.2) is 0 Å². The number of nitrogens with one attached hydrogen (secondary N) is 2. The Balaban J connectivity index is 0.00000529. The average Bonchev–Trinajstić information content (AvgIpc) is 2.59. The summed E-state index contributed by atoms with van der Waals surface area (Å²) in [6.07, 6.45) is 3.00. The molecule has 5 nitrogen and oxygen atoms in total. The minimum Gasteiger partial charge on any atom is -0.493 e.